The van der Waals surface area contributed by atoms with Crippen LogP contribution in [0.5, 0.6) is 0 Å². The predicted molar refractivity (Wildman–Crippen MR) is 98.9 cm³/mol. The summed E-state index contributed by atoms with van der Waals surface area (Å²) in [5, 5.41) is 0. The summed E-state index contributed by atoms with van der Waals surface area (Å²) in [4.78, 5) is 21.8. The molecule has 2 aliphatic rings. The monoisotopic (exact) mass is 354 g/mol. The van der Waals surface area contributed by atoms with E-state index in [1.165, 1.54) is 25.0 Å². The molecule has 6 heteroatoms. The molecule has 1 unspecified atom stereocenters. The van der Waals surface area contributed by atoms with Gasteiger partial charge in [0.1, 0.15) is 5.82 Å². The molecule has 3 heterocycles. The number of carbonyl (C=O) groups excluding carboxylic acids is 1. The molecule has 4 rings (SSSR count). The van der Waals surface area contributed by atoms with Gasteiger partial charge in [-0.05, 0) is 55.8 Å². The van der Waals surface area contributed by atoms with Crippen molar-refractivity contribution in [1.29, 1.82) is 0 Å². The Balaban J connectivity index is 1.49. The molecule has 2 N–H and O–H groups in total. The van der Waals surface area contributed by atoms with Crippen molar-refractivity contribution in [3.8, 4) is 11.3 Å². The van der Waals surface area contributed by atoms with E-state index in [9.17, 15) is 9.18 Å². The number of anilines is 1. The minimum atomic E-state index is -0.286. The molecule has 26 heavy (non-hydrogen) atoms. The van der Waals surface area contributed by atoms with E-state index in [0.717, 1.165) is 31.7 Å². The first-order valence-electron chi connectivity index (χ1n) is 9.13. The molecule has 0 radical (unpaired) electrons. The number of aromatic nitrogens is 1. The number of nitrogens with two attached hydrogens (primary N) is 1. The summed E-state index contributed by atoms with van der Waals surface area (Å²) in [7, 11) is 0. The molecule has 1 aromatic heterocycles. The zero-order valence-electron chi connectivity index (χ0n) is 14.7. The molecule has 1 atom stereocenters. The zero-order chi connectivity index (χ0) is 18.1. The Labute approximate surface area is 152 Å². The molecule has 2 saturated heterocycles. The average Bonchev–Trinajstić information content (AvgIpc) is 3.12. The summed E-state index contributed by atoms with van der Waals surface area (Å²) in [6.07, 6.45) is 2.60. The van der Waals surface area contributed by atoms with Crippen molar-refractivity contribution in [2.75, 3.05) is 31.9 Å². The minimum absolute atomic E-state index is 0.0759. The molecule has 0 spiro atoms. The second-order valence-electron chi connectivity index (χ2n) is 7.09. The molecule has 5 nitrogen and oxygen atoms in total. The van der Waals surface area contributed by atoms with Gasteiger partial charge in [0.2, 0.25) is 5.91 Å². The van der Waals surface area contributed by atoms with Crippen LogP contribution in [0.1, 0.15) is 18.5 Å². The Morgan fingerprint density at radius 3 is 2.77 bits per heavy atom. The van der Waals surface area contributed by atoms with Crippen LogP contribution >= 0.6 is 0 Å². The first kappa shape index (κ1) is 17.0. The number of piperazine rings is 1. The van der Waals surface area contributed by atoms with E-state index in [1.54, 1.807) is 24.3 Å². The van der Waals surface area contributed by atoms with Gasteiger partial charge in [-0.1, -0.05) is 0 Å². The summed E-state index contributed by atoms with van der Waals surface area (Å²) >= 11 is 0. The molecule has 1 amide bonds. The molecule has 2 aliphatic heterocycles. The van der Waals surface area contributed by atoms with E-state index in [0.29, 0.717) is 23.1 Å². The number of fused-ring (bicyclic) bond motifs is 1. The van der Waals surface area contributed by atoms with Crippen molar-refractivity contribution in [2.24, 2.45) is 0 Å². The van der Waals surface area contributed by atoms with Crippen LogP contribution in [-0.2, 0) is 11.2 Å². The lowest BCUT2D eigenvalue weighted by Gasteiger charge is -2.37. The van der Waals surface area contributed by atoms with Gasteiger partial charge in [-0.15, -0.1) is 0 Å². The van der Waals surface area contributed by atoms with Crippen molar-refractivity contribution < 1.29 is 9.18 Å². The minimum Gasteiger partial charge on any atom is -0.397 e. The molecular weight excluding hydrogens is 331 g/mol. The van der Waals surface area contributed by atoms with Gasteiger partial charge in [0, 0.05) is 31.2 Å². The second kappa shape index (κ2) is 7.03. The third kappa shape index (κ3) is 3.42. The van der Waals surface area contributed by atoms with Gasteiger partial charge in [-0.25, -0.2) is 4.39 Å². The predicted octanol–water partition coefficient (Wildman–Crippen LogP) is 2.32. The summed E-state index contributed by atoms with van der Waals surface area (Å²) in [6, 6.07) is 10.2. The Bertz CT molecular complexity index is 808. The van der Waals surface area contributed by atoms with Crippen LogP contribution in [0.2, 0.25) is 0 Å². The third-order valence-corrected chi connectivity index (χ3v) is 5.41. The Morgan fingerprint density at radius 2 is 1.96 bits per heavy atom. The lowest BCUT2D eigenvalue weighted by molar-refractivity contribution is -0.133. The van der Waals surface area contributed by atoms with Gasteiger partial charge in [0.05, 0.1) is 23.5 Å². The highest BCUT2D eigenvalue weighted by molar-refractivity contribution is 5.80. The maximum absolute atomic E-state index is 13.1. The number of pyridine rings is 1. The zero-order valence-corrected chi connectivity index (χ0v) is 14.7. The highest BCUT2D eigenvalue weighted by Crippen LogP contribution is 2.24. The number of amides is 1. The van der Waals surface area contributed by atoms with E-state index in [2.05, 4.69) is 9.88 Å². The van der Waals surface area contributed by atoms with Crippen LogP contribution in [0.3, 0.4) is 0 Å². The van der Waals surface area contributed by atoms with Gasteiger partial charge < -0.3 is 10.6 Å². The largest absolute Gasteiger partial charge is 0.397 e. The lowest BCUT2D eigenvalue weighted by Crippen LogP contribution is -2.52. The van der Waals surface area contributed by atoms with Crippen LogP contribution in [0, 0.1) is 5.82 Å². The smallest absolute Gasteiger partial charge is 0.228 e. The van der Waals surface area contributed by atoms with Crippen LogP contribution in [0.25, 0.3) is 11.3 Å². The number of carbonyl (C=O) groups is 1. The van der Waals surface area contributed by atoms with Gasteiger partial charge in [-0.2, -0.15) is 0 Å². The maximum Gasteiger partial charge on any atom is 0.228 e. The highest BCUT2D eigenvalue weighted by Gasteiger charge is 2.32. The van der Waals surface area contributed by atoms with E-state index in [1.807, 2.05) is 4.90 Å². The molecule has 2 aromatic rings. The van der Waals surface area contributed by atoms with Gasteiger partial charge in [0.25, 0.3) is 0 Å². The first-order chi connectivity index (χ1) is 12.6. The first-order valence-corrected chi connectivity index (χ1v) is 9.13. The van der Waals surface area contributed by atoms with Crippen molar-refractivity contribution in [2.45, 2.75) is 25.3 Å². The van der Waals surface area contributed by atoms with Crippen molar-refractivity contribution in [1.82, 2.24) is 14.8 Å². The van der Waals surface area contributed by atoms with Crippen LogP contribution in [-0.4, -0.2) is 52.9 Å². The van der Waals surface area contributed by atoms with E-state index < -0.39 is 0 Å². The summed E-state index contributed by atoms with van der Waals surface area (Å²) < 4.78 is 13.1. The van der Waals surface area contributed by atoms with Crippen LogP contribution < -0.4 is 5.73 Å². The van der Waals surface area contributed by atoms with E-state index in [4.69, 9.17) is 5.73 Å². The third-order valence-electron chi connectivity index (χ3n) is 5.41. The van der Waals surface area contributed by atoms with E-state index in [-0.39, 0.29) is 18.1 Å². The van der Waals surface area contributed by atoms with Crippen LogP contribution in [0.15, 0.2) is 36.4 Å². The van der Waals surface area contributed by atoms with Crippen molar-refractivity contribution in [3.05, 3.63) is 47.9 Å². The normalized spacial score (nSPS) is 20.2. The molecule has 0 bridgehead atoms. The topological polar surface area (TPSA) is 62.5 Å². The van der Waals surface area contributed by atoms with Crippen molar-refractivity contribution in [3.63, 3.8) is 0 Å². The highest BCUT2D eigenvalue weighted by atomic mass is 19.1. The number of hydrogen-bond donors (Lipinski definition) is 1. The van der Waals surface area contributed by atoms with E-state index >= 15 is 0 Å². The molecule has 0 aliphatic carbocycles. The lowest BCUT2D eigenvalue weighted by atomic mass is 10.1. The molecular formula is C20H23FN4O. The molecule has 1 aromatic carbocycles. The van der Waals surface area contributed by atoms with Gasteiger partial charge in [-0.3, -0.25) is 14.7 Å². The average molecular weight is 354 g/mol. The number of nitrogen functional groups attached to an aromatic ring is 1. The Morgan fingerprint density at radius 1 is 1.15 bits per heavy atom. The summed E-state index contributed by atoms with van der Waals surface area (Å²) in [5.41, 5.74) is 8.66. The number of rotatable bonds is 3. The summed E-state index contributed by atoms with van der Waals surface area (Å²) in [6.45, 7) is 3.68. The molecule has 2 fully saturated rings. The fourth-order valence-electron chi connectivity index (χ4n) is 3.91. The van der Waals surface area contributed by atoms with Crippen molar-refractivity contribution >= 4 is 11.6 Å². The fraction of sp³-hybridized carbons (Fsp3) is 0.400. The number of nitrogens with zero attached hydrogens (tertiary/aromatic N) is 3. The SMILES string of the molecule is Nc1ccc(-c2ccc(F)cc2)nc1CC(=O)N1CCN2CCCC2C1. The standard InChI is InChI=1S/C20H23FN4O/c21-15-5-3-14(4-6-15)18-8-7-17(22)19(23-18)12-20(26)25-11-10-24-9-1-2-16(24)13-25/h3-8,16H,1-2,9-13,22H2. The summed E-state index contributed by atoms with van der Waals surface area (Å²) in [5.74, 6) is -0.211. The Kier molecular flexibility index (Phi) is 4.59. The number of hydrogen-bond acceptors (Lipinski definition) is 4. The number of halogens is 1. The fourth-order valence-corrected chi connectivity index (χ4v) is 3.91. The van der Waals surface area contributed by atoms with Gasteiger partial charge in [0.15, 0.2) is 0 Å². The molecule has 136 valence electrons. The maximum atomic E-state index is 13.1. The van der Waals surface area contributed by atoms with Gasteiger partial charge >= 0.3 is 0 Å². The molecule has 0 saturated carbocycles. The van der Waals surface area contributed by atoms with Crippen LogP contribution in [0.4, 0.5) is 10.1 Å². The Hall–Kier alpha value is -2.47. The quantitative estimate of drug-likeness (QED) is 0.919. The second-order valence-corrected chi connectivity index (χ2v) is 7.09. The number of benzene rings is 1.